The van der Waals surface area contributed by atoms with Gasteiger partial charge < -0.3 is 9.84 Å². The molecule has 1 aliphatic carbocycles. The summed E-state index contributed by atoms with van der Waals surface area (Å²) in [7, 11) is 0. The Bertz CT molecular complexity index is 2080. The van der Waals surface area contributed by atoms with Crippen molar-refractivity contribution >= 4 is 11.4 Å². The molecule has 0 fully saturated rings. The lowest BCUT2D eigenvalue weighted by Gasteiger charge is -2.15. The van der Waals surface area contributed by atoms with Crippen molar-refractivity contribution in [2.24, 2.45) is 5.18 Å². The fourth-order valence-electron chi connectivity index (χ4n) is 6.56. The molecule has 57 heavy (non-hydrogen) atoms. The summed E-state index contributed by atoms with van der Waals surface area (Å²) in [5.74, 6) is 1.81. The van der Waals surface area contributed by atoms with Crippen LogP contribution >= 0.6 is 0 Å². The van der Waals surface area contributed by atoms with Gasteiger partial charge in [-0.3, -0.25) is 4.79 Å². The molecular weight excluding hydrogens is 709 g/mol. The van der Waals surface area contributed by atoms with E-state index in [4.69, 9.17) is 19.7 Å². The van der Waals surface area contributed by atoms with Crippen molar-refractivity contribution in [2.75, 3.05) is 6.54 Å². The smallest absolute Gasteiger partial charge is 0.172 e. The number of unbranched alkanes of at least 4 members (excludes halogenated alkanes) is 7. The van der Waals surface area contributed by atoms with Gasteiger partial charge in [0.1, 0.15) is 11.5 Å². The van der Waals surface area contributed by atoms with Gasteiger partial charge in [-0.05, 0) is 67.0 Å². The van der Waals surface area contributed by atoms with E-state index in [1.807, 2.05) is 49.4 Å². The average molecular weight is 765 g/mol. The van der Waals surface area contributed by atoms with Gasteiger partial charge in [0.05, 0.1) is 12.1 Å². The first kappa shape index (κ1) is 42.4. The van der Waals surface area contributed by atoms with Gasteiger partial charge in [0.2, 0.25) is 0 Å². The van der Waals surface area contributed by atoms with Crippen LogP contribution in [-0.2, 0) is 4.79 Å². The Balaban J connectivity index is 0.000000959. The number of nitrogens with zero attached hydrogens (tertiary/aromatic N) is 4. The Labute approximate surface area is 338 Å². The van der Waals surface area contributed by atoms with Crippen molar-refractivity contribution in [3.63, 3.8) is 0 Å². The van der Waals surface area contributed by atoms with Crippen molar-refractivity contribution in [1.29, 1.82) is 0 Å². The second kappa shape index (κ2) is 22.7. The van der Waals surface area contributed by atoms with Crippen molar-refractivity contribution in [3.8, 4) is 56.8 Å². The molecule has 0 saturated heterocycles. The van der Waals surface area contributed by atoms with Crippen LogP contribution in [0.4, 0.5) is 0 Å². The molecule has 6 rings (SSSR count). The van der Waals surface area contributed by atoms with Gasteiger partial charge in [0, 0.05) is 23.6 Å². The van der Waals surface area contributed by atoms with Crippen LogP contribution in [-0.4, -0.2) is 38.5 Å². The molecule has 0 aliphatic heterocycles. The van der Waals surface area contributed by atoms with Crippen LogP contribution in [0.5, 0.6) is 11.5 Å². The Hall–Kier alpha value is -5.76. The summed E-state index contributed by atoms with van der Waals surface area (Å²) in [6.45, 7) is 6.50. The topological polar surface area (TPSA) is 115 Å². The second-order valence-corrected chi connectivity index (χ2v) is 14.4. The third-order valence-electron chi connectivity index (χ3n) is 9.96. The van der Waals surface area contributed by atoms with E-state index < -0.39 is 6.10 Å². The quantitative estimate of drug-likeness (QED) is 0.0657. The normalized spacial score (nSPS) is 12.6. The zero-order valence-corrected chi connectivity index (χ0v) is 33.7. The predicted molar refractivity (Wildman–Crippen MR) is 233 cm³/mol. The summed E-state index contributed by atoms with van der Waals surface area (Å²) < 4.78 is 5.98. The molecule has 1 aliphatic rings. The van der Waals surface area contributed by atoms with E-state index >= 15 is 0 Å². The minimum atomic E-state index is -0.604. The fourth-order valence-corrected chi connectivity index (χ4v) is 6.56. The summed E-state index contributed by atoms with van der Waals surface area (Å²) in [6.07, 6.45) is 18.7. The number of carbonyl (C=O) groups excluding carboxylic acids is 1. The number of phenols is 1. The molecule has 0 saturated carbocycles. The third-order valence-corrected chi connectivity index (χ3v) is 9.96. The number of hydrogen-bond acceptors (Lipinski definition) is 8. The van der Waals surface area contributed by atoms with Gasteiger partial charge >= 0.3 is 0 Å². The number of ketones is 1. The molecule has 296 valence electrons. The van der Waals surface area contributed by atoms with Crippen LogP contribution in [0.3, 0.4) is 0 Å². The number of rotatable bonds is 19. The van der Waals surface area contributed by atoms with Gasteiger partial charge in [-0.25, -0.2) is 15.0 Å². The highest BCUT2D eigenvalue weighted by molar-refractivity contribution is 5.83. The lowest BCUT2D eigenvalue weighted by Crippen LogP contribution is -2.23. The molecule has 0 bridgehead atoms. The number of Topliss-reactive ketones (excluding diaryl/α,β-unsaturated/α-hetero) is 1. The second-order valence-electron chi connectivity index (χ2n) is 14.4. The first-order valence-corrected chi connectivity index (χ1v) is 20.6. The number of ether oxygens (including phenoxy) is 1. The fraction of sp³-hybridized carbons (Fsp3) is 0.347. The van der Waals surface area contributed by atoms with E-state index in [9.17, 15) is 14.8 Å². The molecule has 8 nitrogen and oxygen atoms in total. The van der Waals surface area contributed by atoms with Crippen molar-refractivity contribution in [2.45, 2.75) is 104 Å². The van der Waals surface area contributed by atoms with Gasteiger partial charge in [0.25, 0.3) is 0 Å². The molecule has 1 atom stereocenters. The number of nitroso groups, excluding NO2 is 1. The highest BCUT2D eigenvalue weighted by Gasteiger charge is 2.18. The number of aromatic hydroxyl groups is 1. The molecular formula is C49H56N4O4. The van der Waals surface area contributed by atoms with Crippen molar-refractivity contribution < 1.29 is 14.6 Å². The SMILES string of the molecule is CCCCCCCCCC(=O)C(C)Oc1ccc(-c2nc(-c3ccc(C4=CCCC=C4)cc3)nc(-c3ccc(-c4ccccc4)cc3)n2)c(O)c1.CCCCN=O. The highest BCUT2D eigenvalue weighted by atomic mass is 16.5. The molecule has 5 aromatic rings. The van der Waals surface area contributed by atoms with Gasteiger partial charge in [-0.2, -0.15) is 4.91 Å². The molecule has 4 aromatic carbocycles. The Morgan fingerprint density at radius 1 is 0.684 bits per heavy atom. The largest absolute Gasteiger partial charge is 0.507 e. The van der Waals surface area contributed by atoms with Crippen LogP contribution in [0.1, 0.15) is 103 Å². The number of phenolic OH excluding ortho intramolecular Hbond substituents is 1. The van der Waals surface area contributed by atoms with Crippen LogP contribution in [0.15, 0.2) is 120 Å². The number of allylic oxidation sites excluding steroid dienone is 4. The number of aromatic nitrogens is 3. The maximum atomic E-state index is 12.8. The van der Waals surface area contributed by atoms with E-state index in [0.717, 1.165) is 66.3 Å². The van der Waals surface area contributed by atoms with Crippen LogP contribution in [0, 0.1) is 4.91 Å². The Morgan fingerprint density at radius 3 is 1.84 bits per heavy atom. The third kappa shape index (κ3) is 12.9. The molecule has 0 radical (unpaired) electrons. The average Bonchev–Trinajstić information content (AvgIpc) is 3.26. The minimum Gasteiger partial charge on any atom is -0.507 e. The van der Waals surface area contributed by atoms with E-state index in [1.165, 1.54) is 43.7 Å². The Morgan fingerprint density at radius 2 is 1.26 bits per heavy atom. The summed E-state index contributed by atoms with van der Waals surface area (Å²) in [6, 6.07) is 31.6. The van der Waals surface area contributed by atoms with Crippen molar-refractivity contribution in [3.05, 3.63) is 126 Å². The summed E-state index contributed by atoms with van der Waals surface area (Å²) in [5.41, 5.74) is 6.71. The number of benzene rings is 4. The summed E-state index contributed by atoms with van der Waals surface area (Å²) in [4.78, 5) is 36.7. The maximum Gasteiger partial charge on any atom is 0.172 e. The van der Waals surface area contributed by atoms with E-state index in [0.29, 0.717) is 41.8 Å². The van der Waals surface area contributed by atoms with Gasteiger partial charge in [-0.15, -0.1) is 0 Å². The van der Waals surface area contributed by atoms with Gasteiger partial charge in [-0.1, -0.05) is 161 Å². The van der Waals surface area contributed by atoms with E-state index in [2.05, 4.69) is 66.7 Å². The first-order valence-electron chi connectivity index (χ1n) is 20.6. The van der Waals surface area contributed by atoms with E-state index in [-0.39, 0.29) is 11.5 Å². The molecule has 1 aromatic heterocycles. The van der Waals surface area contributed by atoms with Crippen molar-refractivity contribution in [1.82, 2.24) is 15.0 Å². The van der Waals surface area contributed by atoms with E-state index in [1.54, 1.807) is 19.1 Å². The zero-order valence-electron chi connectivity index (χ0n) is 33.7. The zero-order chi connectivity index (χ0) is 40.2. The Kier molecular flexibility index (Phi) is 16.9. The predicted octanol–water partition coefficient (Wildman–Crippen LogP) is 13.0. The summed E-state index contributed by atoms with van der Waals surface area (Å²) in [5, 5.41) is 13.9. The van der Waals surface area contributed by atoms with Crippen LogP contribution in [0.25, 0.3) is 50.9 Å². The summed E-state index contributed by atoms with van der Waals surface area (Å²) >= 11 is 0. The molecule has 1 unspecified atom stereocenters. The monoisotopic (exact) mass is 764 g/mol. The lowest BCUT2D eigenvalue weighted by atomic mass is 9.98. The molecule has 0 spiro atoms. The highest BCUT2D eigenvalue weighted by Crippen LogP contribution is 2.34. The molecule has 8 heteroatoms. The van der Waals surface area contributed by atoms with Crippen LogP contribution in [0.2, 0.25) is 0 Å². The number of hydrogen-bond donors (Lipinski definition) is 1. The minimum absolute atomic E-state index is 0.0341. The maximum absolute atomic E-state index is 12.8. The van der Waals surface area contributed by atoms with Gasteiger partial charge in [0.15, 0.2) is 29.4 Å². The lowest BCUT2D eigenvalue weighted by molar-refractivity contribution is -0.125. The standard InChI is InChI=1S/C45H47N3O3.C4H9NO/c1-3-4-5-6-7-8-15-20-41(49)32(2)51-39-29-30-40(42(50)31-39)45-47-43(37-25-21-35(22-26-37)33-16-11-9-12-17-33)46-44(48-45)38-27-23-36(24-28-38)34-18-13-10-14-19-34;1-2-3-4-5-6/h9,11-13,16-19,21-32,50H,3-8,10,14-15,20H2,1-2H3;2-4H2,1H3. The number of carbonyl (C=O) groups is 1. The molecule has 0 amide bonds. The van der Waals surface area contributed by atoms with Crippen LogP contribution < -0.4 is 4.74 Å². The first-order chi connectivity index (χ1) is 27.9. The molecule has 1 N–H and O–H groups in total. The molecule has 1 heterocycles.